The average Bonchev–Trinajstić information content (AvgIpc) is 2.13. The zero-order chi connectivity index (χ0) is 10.9. The van der Waals surface area contributed by atoms with Gasteiger partial charge in [0.25, 0.3) is 5.91 Å². The van der Waals surface area contributed by atoms with E-state index in [9.17, 15) is 9.36 Å². The summed E-state index contributed by atoms with van der Waals surface area (Å²) in [7, 11) is -0.0167. The summed E-state index contributed by atoms with van der Waals surface area (Å²) in [5.74, 6) is -0.280. The molecule has 0 radical (unpaired) electrons. The number of nitrogens with zero attached hydrogens (tertiary/aromatic N) is 2. The summed E-state index contributed by atoms with van der Waals surface area (Å²) in [5.41, 5.74) is 0.657. The van der Waals surface area contributed by atoms with Crippen molar-refractivity contribution in [2.24, 2.45) is 0 Å². The molecule has 1 rings (SSSR count). The summed E-state index contributed by atoms with van der Waals surface area (Å²) in [6.45, 7) is 3.79. The molecule has 0 aliphatic carbocycles. The molecular formula is C8H15N2O3P. The van der Waals surface area contributed by atoms with Gasteiger partial charge in [-0.15, -0.1) is 0 Å². The molecule has 1 heterocycles. The summed E-state index contributed by atoms with van der Waals surface area (Å²) in [5, 5.41) is 0. The Morgan fingerprint density at radius 1 is 1.43 bits per heavy atom. The van der Waals surface area contributed by atoms with E-state index in [0.29, 0.717) is 12.3 Å². The number of rotatable bonds is 2. The highest BCUT2D eigenvalue weighted by molar-refractivity contribution is 7.55. The van der Waals surface area contributed by atoms with Gasteiger partial charge < -0.3 is 0 Å². The largest absolute Gasteiger partial charge is 0.398 e. The lowest BCUT2D eigenvalue weighted by molar-refractivity contribution is -0.122. The lowest BCUT2D eigenvalue weighted by atomic mass is 10.4. The Bertz CT molecular complexity index is 327. The molecule has 14 heavy (non-hydrogen) atoms. The number of hydrogen-bond donors (Lipinski definition) is 0. The zero-order valence-electron chi connectivity index (χ0n) is 8.85. The van der Waals surface area contributed by atoms with Gasteiger partial charge in [-0.3, -0.25) is 18.7 Å². The van der Waals surface area contributed by atoms with Crippen molar-refractivity contribution in [1.29, 1.82) is 0 Å². The van der Waals surface area contributed by atoms with Crippen LogP contribution in [0.25, 0.3) is 0 Å². The molecule has 1 aliphatic rings. The monoisotopic (exact) mass is 218 g/mol. The summed E-state index contributed by atoms with van der Waals surface area (Å²) >= 11 is 0. The maximum absolute atomic E-state index is 12.3. The highest BCUT2D eigenvalue weighted by Crippen LogP contribution is 2.56. The van der Waals surface area contributed by atoms with Crippen LogP contribution in [-0.4, -0.2) is 36.0 Å². The third-order valence-corrected chi connectivity index (χ3v) is 4.84. The fraction of sp³-hybridized carbons (Fsp3) is 0.625. The van der Waals surface area contributed by atoms with Crippen molar-refractivity contribution in [3.63, 3.8) is 0 Å². The van der Waals surface area contributed by atoms with Crippen molar-refractivity contribution in [3.8, 4) is 0 Å². The molecule has 0 bridgehead atoms. The summed E-state index contributed by atoms with van der Waals surface area (Å²) in [6, 6.07) is 0. The Kier molecular flexibility index (Phi) is 3.02. The molecular weight excluding hydrogens is 203 g/mol. The molecule has 0 aromatic carbocycles. The third-order valence-electron chi connectivity index (χ3n) is 2.22. The van der Waals surface area contributed by atoms with E-state index in [0.717, 1.165) is 4.67 Å². The van der Waals surface area contributed by atoms with Gasteiger partial charge in [-0.2, -0.15) is 0 Å². The van der Waals surface area contributed by atoms with Gasteiger partial charge in [0.2, 0.25) is 0 Å². The van der Waals surface area contributed by atoms with E-state index in [1.807, 2.05) is 0 Å². The fourth-order valence-corrected chi connectivity index (χ4v) is 3.08. The smallest absolute Gasteiger partial charge is 0.298 e. The van der Waals surface area contributed by atoms with Crippen molar-refractivity contribution in [3.05, 3.63) is 11.8 Å². The second-order valence-corrected chi connectivity index (χ2v) is 5.52. The Morgan fingerprint density at radius 2 is 2.00 bits per heavy atom. The topological polar surface area (TPSA) is 49.9 Å². The Labute approximate surface area is 83.9 Å². The van der Waals surface area contributed by atoms with E-state index in [-0.39, 0.29) is 5.91 Å². The molecule has 0 spiro atoms. The SMILES string of the molecule is CCOP1(=O)N(C)C(=O)C=C(C)N1C. The fourth-order valence-electron chi connectivity index (χ4n) is 1.23. The number of carbonyl (C=O) groups excluding carboxylic acids is 1. The normalized spacial score (nSPS) is 28.0. The number of likely N-dealkylation sites (N-methyl/N-ethyl adjacent to an activating group) is 1. The van der Waals surface area contributed by atoms with Crippen molar-refractivity contribution in [2.75, 3.05) is 20.7 Å². The van der Waals surface area contributed by atoms with Crippen LogP contribution in [0.15, 0.2) is 11.8 Å². The molecule has 1 atom stereocenters. The molecule has 0 N–H and O–H groups in total. The van der Waals surface area contributed by atoms with Gasteiger partial charge in [0.15, 0.2) is 0 Å². The number of hydrogen-bond acceptors (Lipinski definition) is 3. The maximum Gasteiger partial charge on any atom is 0.398 e. The summed E-state index contributed by atoms with van der Waals surface area (Å²) in [6.07, 6.45) is 1.44. The van der Waals surface area contributed by atoms with Gasteiger partial charge in [0.05, 0.1) is 6.61 Å². The molecule has 0 saturated carbocycles. The van der Waals surface area contributed by atoms with Gasteiger partial charge in [-0.1, -0.05) is 0 Å². The van der Waals surface area contributed by atoms with Gasteiger partial charge in [-0.05, 0) is 13.8 Å². The van der Waals surface area contributed by atoms with E-state index < -0.39 is 7.67 Å². The van der Waals surface area contributed by atoms with E-state index in [1.165, 1.54) is 17.8 Å². The first-order valence-electron chi connectivity index (χ1n) is 4.38. The zero-order valence-corrected chi connectivity index (χ0v) is 9.75. The van der Waals surface area contributed by atoms with Crippen LogP contribution in [-0.2, 0) is 13.9 Å². The predicted octanol–water partition coefficient (Wildman–Crippen LogP) is 1.44. The highest BCUT2D eigenvalue weighted by atomic mass is 31.2. The maximum atomic E-state index is 12.3. The first kappa shape index (κ1) is 11.3. The van der Waals surface area contributed by atoms with Gasteiger partial charge >= 0.3 is 7.67 Å². The van der Waals surface area contributed by atoms with Crippen molar-refractivity contribution < 1.29 is 13.9 Å². The molecule has 0 saturated heterocycles. The number of carbonyl (C=O) groups is 1. The Balaban J connectivity index is 3.12. The Hall–Kier alpha value is -0.800. The lowest BCUT2D eigenvalue weighted by Crippen LogP contribution is -2.35. The van der Waals surface area contributed by atoms with Crippen molar-refractivity contribution in [2.45, 2.75) is 13.8 Å². The second kappa shape index (κ2) is 3.75. The molecule has 5 nitrogen and oxygen atoms in total. The third kappa shape index (κ3) is 1.57. The van der Waals surface area contributed by atoms with Gasteiger partial charge in [0.1, 0.15) is 0 Å². The number of amides is 1. The molecule has 0 aromatic heterocycles. The van der Waals surface area contributed by atoms with Crippen LogP contribution in [0, 0.1) is 0 Å². The standard InChI is InChI=1S/C8H15N2O3P/c1-5-13-14(12)9(3)7(2)6-8(11)10(14)4/h6H,5H2,1-4H3. The summed E-state index contributed by atoms with van der Waals surface area (Å²) in [4.78, 5) is 11.4. The van der Waals surface area contributed by atoms with E-state index in [2.05, 4.69) is 0 Å². The molecule has 1 amide bonds. The van der Waals surface area contributed by atoms with Crippen molar-refractivity contribution in [1.82, 2.24) is 9.34 Å². The van der Waals surface area contributed by atoms with Crippen LogP contribution in [0.3, 0.4) is 0 Å². The van der Waals surface area contributed by atoms with Crippen LogP contribution in [0.4, 0.5) is 0 Å². The predicted molar refractivity (Wildman–Crippen MR) is 53.5 cm³/mol. The van der Waals surface area contributed by atoms with Crippen LogP contribution < -0.4 is 0 Å². The van der Waals surface area contributed by atoms with Crippen LogP contribution in [0.5, 0.6) is 0 Å². The van der Waals surface area contributed by atoms with Crippen LogP contribution in [0.1, 0.15) is 13.8 Å². The number of allylic oxidation sites excluding steroid dienone is 1. The van der Waals surface area contributed by atoms with Gasteiger partial charge in [-0.25, -0.2) is 4.57 Å². The quantitative estimate of drug-likeness (QED) is 0.658. The molecule has 0 fully saturated rings. The molecule has 1 aliphatic heterocycles. The Morgan fingerprint density at radius 3 is 2.50 bits per heavy atom. The lowest BCUT2D eigenvalue weighted by Gasteiger charge is -2.38. The average molecular weight is 218 g/mol. The first-order chi connectivity index (χ1) is 6.43. The minimum atomic E-state index is -3.16. The second-order valence-electron chi connectivity index (χ2n) is 3.08. The summed E-state index contributed by atoms with van der Waals surface area (Å²) < 4.78 is 20.1. The molecule has 1 unspecified atom stereocenters. The molecule has 80 valence electrons. The van der Waals surface area contributed by atoms with E-state index in [4.69, 9.17) is 4.52 Å². The van der Waals surface area contributed by atoms with E-state index >= 15 is 0 Å². The molecule has 0 aromatic rings. The van der Waals surface area contributed by atoms with Crippen LogP contribution >= 0.6 is 7.67 Å². The van der Waals surface area contributed by atoms with E-state index in [1.54, 1.807) is 20.9 Å². The van der Waals surface area contributed by atoms with Gasteiger partial charge in [0, 0.05) is 25.9 Å². The first-order valence-corrected chi connectivity index (χ1v) is 5.91. The minimum Gasteiger partial charge on any atom is -0.298 e. The van der Waals surface area contributed by atoms with Crippen LogP contribution in [0.2, 0.25) is 0 Å². The molecule has 6 heteroatoms. The van der Waals surface area contributed by atoms with Crippen molar-refractivity contribution >= 4 is 13.6 Å². The highest BCUT2D eigenvalue weighted by Gasteiger charge is 2.40. The minimum absolute atomic E-state index is 0.280.